The van der Waals surface area contributed by atoms with E-state index < -0.39 is 0 Å². The molecule has 1 aliphatic carbocycles. The number of rotatable bonds is 2. The molecule has 1 aromatic carbocycles. The molecule has 1 aliphatic rings. The van der Waals surface area contributed by atoms with E-state index in [1.165, 1.54) is 0 Å². The topological polar surface area (TPSA) is 78.1 Å². The molecule has 2 N–H and O–H groups in total. The quantitative estimate of drug-likeness (QED) is 0.773. The Morgan fingerprint density at radius 3 is 2.95 bits per heavy atom. The Balaban J connectivity index is 1.71. The highest BCUT2D eigenvalue weighted by Gasteiger charge is 2.28. The fourth-order valence-corrected chi connectivity index (χ4v) is 2.90. The number of benzene rings is 1. The van der Waals surface area contributed by atoms with Crippen molar-refractivity contribution in [1.82, 2.24) is 10.1 Å². The van der Waals surface area contributed by atoms with Gasteiger partial charge in [0.2, 0.25) is 11.7 Å². The van der Waals surface area contributed by atoms with Crippen LogP contribution in [0, 0.1) is 0 Å². The third-order valence-corrected chi connectivity index (χ3v) is 3.99. The van der Waals surface area contributed by atoms with Crippen molar-refractivity contribution in [1.29, 1.82) is 0 Å². The van der Waals surface area contributed by atoms with Gasteiger partial charge in [0.1, 0.15) is 11.8 Å². The number of aromatic nitrogens is 2. The molecule has 0 saturated heterocycles. The van der Waals surface area contributed by atoms with Gasteiger partial charge in [-0.2, -0.15) is 4.98 Å². The van der Waals surface area contributed by atoms with Gasteiger partial charge in [-0.1, -0.05) is 23.4 Å². The molecule has 0 bridgehead atoms. The molecule has 2 aromatic heterocycles. The van der Waals surface area contributed by atoms with E-state index in [-0.39, 0.29) is 6.04 Å². The number of nitrogens with two attached hydrogens (primary N) is 1. The van der Waals surface area contributed by atoms with Gasteiger partial charge < -0.3 is 14.7 Å². The molecule has 5 nitrogen and oxygen atoms in total. The number of furan rings is 1. The van der Waals surface area contributed by atoms with Crippen molar-refractivity contribution >= 4 is 11.0 Å². The standard InChI is InChI=1S/C15H15N3O2/c16-10-6-5-9(7-10)15-17-14(18-20-15)12-8-19-13-4-2-1-3-11(12)13/h1-4,8-10H,5-7,16H2/t9-,10+/m1/s1. The highest BCUT2D eigenvalue weighted by Crippen LogP contribution is 2.34. The van der Waals surface area contributed by atoms with Crippen LogP contribution in [-0.4, -0.2) is 16.2 Å². The molecule has 1 saturated carbocycles. The number of hydrogen-bond donors (Lipinski definition) is 1. The first-order valence-corrected chi connectivity index (χ1v) is 6.87. The number of nitrogens with zero attached hydrogens (tertiary/aromatic N) is 2. The van der Waals surface area contributed by atoms with Crippen molar-refractivity contribution in [3.8, 4) is 11.4 Å². The Morgan fingerprint density at radius 1 is 1.20 bits per heavy atom. The first-order chi connectivity index (χ1) is 9.81. The van der Waals surface area contributed by atoms with Crippen LogP contribution in [-0.2, 0) is 0 Å². The van der Waals surface area contributed by atoms with Gasteiger partial charge in [-0.3, -0.25) is 0 Å². The molecule has 1 fully saturated rings. The zero-order valence-corrected chi connectivity index (χ0v) is 11.0. The Hall–Kier alpha value is -2.14. The van der Waals surface area contributed by atoms with Crippen molar-refractivity contribution in [2.75, 3.05) is 0 Å². The second-order valence-corrected chi connectivity index (χ2v) is 5.37. The predicted molar refractivity (Wildman–Crippen MR) is 74.1 cm³/mol. The van der Waals surface area contributed by atoms with E-state index >= 15 is 0 Å². The zero-order chi connectivity index (χ0) is 13.5. The Labute approximate surface area is 115 Å². The summed E-state index contributed by atoms with van der Waals surface area (Å²) in [5.41, 5.74) is 7.64. The molecule has 0 spiro atoms. The summed E-state index contributed by atoms with van der Waals surface area (Å²) in [4.78, 5) is 4.53. The van der Waals surface area contributed by atoms with Gasteiger partial charge in [-0.05, 0) is 25.3 Å². The van der Waals surface area contributed by atoms with Gasteiger partial charge in [0.15, 0.2) is 0 Å². The zero-order valence-electron chi connectivity index (χ0n) is 11.0. The fraction of sp³-hybridized carbons (Fsp3) is 0.333. The second-order valence-electron chi connectivity index (χ2n) is 5.37. The van der Waals surface area contributed by atoms with Crippen LogP contribution >= 0.6 is 0 Å². The van der Waals surface area contributed by atoms with Crippen LogP contribution in [0.5, 0.6) is 0 Å². The summed E-state index contributed by atoms with van der Waals surface area (Å²) in [6.45, 7) is 0. The van der Waals surface area contributed by atoms with Crippen LogP contribution in [0.3, 0.4) is 0 Å². The number of hydrogen-bond acceptors (Lipinski definition) is 5. The molecule has 3 aromatic rings. The first-order valence-electron chi connectivity index (χ1n) is 6.87. The van der Waals surface area contributed by atoms with E-state index in [0.29, 0.717) is 17.6 Å². The molecule has 2 atom stereocenters. The van der Waals surface area contributed by atoms with Crippen molar-refractivity contribution < 1.29 is 8.94 Å². The summed E-state index contributed by atoms with van der Waals surface area (Å²) in [5.74, 6) is 1.58. The van der Waals surface area contributed by atoms with Crippen molar-refractivity contribution in [2.45, 2.75) is 31.2 Å². The lowest BCUT2D eigenvalue weighted by atomic mass is 10.1. The van der Waals surface area contributed by atoms with Crippen LogP contribution in [0.4, 0.5) is 0 Å². The monoisotopic (exact) mass is 269 g/mol. The van der Waals surface area contributed by atoms with Gasteiger partial charge >= 0.3 is 0 Å². The second kappa shape index (κ2) is 4.45. The minimum Gasteiger partial charge on any atom is -0.464 e. The lowest BCUT2D eigenvalue weighted by Gasteiger charge is -2.01. The van der Waals surface area contributed by atoms with E-state index in [4.69, 9.17) is 14.7 Å². The van der Waals surface area contributed by atoms with Gasteiger partial charge in [0.05, 0.1) is 5.56 Å². The Bertz CT molecular complexity index is 746. The third-order valence-electron chi connectivity index (χ3n) is 3.99. The molecular formula is C15H15N3O2. The van der Waals surface area contributed by atoms with Crippen LogP contribution in [0.1, 0.15) is 31.1 Å². The molecule has 102 valence electrons. The SMILES string of the molecule is N[C@H]1CC[C@@H](c2nc(-c3coc4ccccc34)no2)C1. The molecule has 5 heteroatoms. The molecule has 0 amide bonds. The highest BCUT2D eigenvalue weighted by atomic mass is 16.5. The Kier molecular flexibility index (Phi) is 2.60. The van der Waals surface area contributed by atoms with E-state index in [2.05, 4.69) is 10.1 Å². The lowest BCUT2D eigenvalue weighted by molar-refractivity contribution is 0.353. The van der Waals surface area contributed by atoms with Gasteiger partial charge in [0.25, 0.3) is 0 Å². The van der Waals surface area contributed by atoms with Crippen molar-refractivity contribution in [3.05, 3.63) is 36.4 Å². The van der Waals surface area contributed by atoms with Crippen molar-refractivity contribution in [2.24, 2.45) is 5.73 Å². The maximum Gasteiger partial charge on any atom is 0.230 e. The van der Waals surface area contributed by atoms with Crippen LogP contribution in [0.15, 0.2) is 39.5 Å². The summed E-state index contributed by atoms with van der Waals surface area (Å²) in [7, 11) is 0. The number of fused-ring (bicyclic) bond motifs is 1. The first kappa shape index (κ1) is 11.7. The summed E-state index contributed by atoms with van der Waals surface area (Å²) in [5, 5.41) is 5.09. The summed E-state index contributed by atoms with van der Waals surface area (Å²) >= 11 is 0. The summed E-state index contributed by atoms with van der Waals surface area (Å²) < 4.78 is 10.9. The molecular weight excluding hydrogens is 254 g/mol. The minimum atomic E-state index is 0.255. The van der Waals surface area contributed by atoms with E-state index in [0.717, 1.165) is 35.8 Å². The minimum absolute atomic E-state index is 0.255. The molecule has 0 aliphatic heterocycles. The van der Waals surface area contributed by atoms with E-state index in [1.807, 2.05) is 24.3 Å². The maximum atomic E-state index is 5.93. The van der Waals surface area contributed by atoms with Crippen LogP contribution in [0.2, 0.25) is 0 Å². The fourth-order valence-electron chi connectivity index (χ4n) is 2.90. The van der Waals surface area contributed by atoms with Crippen LogP contribution < -0.4 is 5.73 Å². The molecule has 2 heterocycles. The van der Waals surface area contributed by atoms with Gasteiger partial charge in [0, 0.05) is 17.3 Å². The third kappa shape index (κ3) is 1.82. The summed E-state index contributed by atoms with van der Waals surface area (Å²) in [6, 6.07) is 8.09. The Morgan fingerprint density at radius 2 is 2.10 bits per heavy atom. The van der Waals surface area contributed by atoms with Gasteiger partial charge in [-0.15, -0.1) is 0 Å². The predicted octanol–water partition coefficient (Wildman–Crippen LogP) is 3.08. The van der Waals surface area contributed by atoms with E-state index in [1.54, 1.807) is 6.26 Å². The molecule has 0 radical (unpaired) electrons. The maximum absolute atomic E-state index is 5.93. The van der Waals surface area contributed by atoms with Crippen molar-refractivity contribution in [3.63, 3.8) is 0 Å². The summed E-state index contributed by atoms with van der Waals surface area (Å²) in [6.07, 6.45) is 4.65. The average molecular weight is 269 g/mol. The largest absolute Gasteiger partial charge is 0.464 e. The number of para-hydroxylation sites is 1. The lowest BCUT2D eigenvalue weighted by Crippen LogP contribution is -2.14. The van der Waals surface area contributed by atoms with Crippen LogP contribution in [0.25, 0.3) is 22.4 Å². The highest BCUT2D eigenvalue weighted by molar-refractivity contribution is 5.91. The average Bonchev–Trinajstić information content (AvgIpc) is 3.15. The molecule has 0 unspecified atom stereocenters. The van der Waals surface area contributed by atoms with E-state index in [9.17, 15) is 0 Å². The molecule has 4 rings (SSSR count). The molecule has 20 heavy (non-hydrogen) atoms. The van der Waals surface area contributed by atoms with Gasteiger partial charge in [-0.25, -0.2) is 0 Å². The smallest absolute Gasteiger partial charge is 0.230 e. The normalized spacial score (nSPS) is 22.6.